The number of aromatic nitrogens is 2. The number of nitrogens with two attached hydrogens (primary N) is 1. The normalized spacial score (nSPS) is 9.94. The van der Waals surface area contributed by atoms with Crippen LogP contribution in [0.25, 0.3) is 0 Å². The number of hydrogen-bond donors (Lipinski definition) is 3. The van der Waals surface area contributed by atoms with Gasteiger partial charge in [-0.15, -0.1) is 0 Å². The Morgan fingerprint density at radius 1 is 1.53 bits per heavy atom. The summed E-state index contributed by atoms with van der Waals surface area (Å²) in [6.07, 6.45) is 3.09. The molecule has 6 nitrogen and oxygen atoms in total. The molecule has 0 spiro atoms. The molecule has 0 saturated heterocycles. The Bertz CT molecular complexity index is 522. The molecule has 1 aromatic carbocycles. The molecule has 17 heavy (non-hydrogen) atoms. The number of nitrogens with zero attached hydrogens (tertiary/aromatic N) is 1. The van der Waals surface area contributed by atoms with Crippen LogP contribution in [0, 0.1) is 0 Å². The molecular weight excluding hydrogens is 220 g/mol. The number of methoxy groups -OCH3 is 1. The number of nitrogens with one attached hydrogen (secondary N) is 2. The number of nitrogen functional groups attached to an aromatic ring is 1. The first kappa shape index (κ1) is 11.0. The van der Waals surface area contributed by atoms with Gasteiger partial charge in [0.1, 0.15) is 0 Å². The van der Waals surface area contributed by atoms with E-state index in [9.17, 15) is 4.79 Å². The molecular formula is C11H12N4O2. The summed E-state index contributed by atoms with van der Waals surface area (Å²) in [6.45, 7) is 0. The molecule has 0 saturated carbocycles. The summed E-state index contributed by atoms with van der Waals surface area (Å²) in [5.74, 6) is 0.0732. The van der Waals surface area contributed by atoms with E-state index in [0.29, 0.717) is 22.7 Å². The number of rotatable bonds is 3. The number of para-hydroxylation sites is 1. The zero-order chi connectivity index (χ0) is 12.3. The molecule has 0 aliphatic carbocycles. The highest BCUT2D eigenvalue weighted by Crippen LogP contribution is 2.26. The molecule has 2 aromatic rings. The first-order valence-corrected chi connectivity index (χ1v) is 4.95. The van der Waals surface area contributed by atoms with Crippen molar-refractivity contribution < 1.29 is 9.53 Å². The van der Waals surface area contributed by atoms with Crippen LogP contribution in [-0.4, -0.2) is 23.2 Å². The van der Waals surface area contributed by atoms with E-state index in [1.165, 1.54) is 13.3 Å². The molecule has 1 heterocycles. The fourth-order valence-electron chi connectivity index (χ4n) is 1.48. The van der Waals surface area contributed by atoms with Gasteiger partial charge in [-0.2, -0.15) is 5.10 Å². The van der Waals surface area contributed by atoms with Gasteiger partial charge >= 0.3 is 0 Å². The summed E-state index contributed by atoms with van der Waals surface area (Å²) in [5, 5.41) is 9.01. The molecule has 0 bridgehead atoms. The summed E-state index contributed by atoms with van der Waals surface area (Å²) in [7, 11) is 1.47. The Hall–Kier alpha value is -2.50. The zero-order valence-corrected chi connectivity index (χ0v) is 9.23. The molecule has 88 valence electrons. The summed E-state index contributed by atoms with van der Waals surface area (Å²) in [4.78, 5) is 12.0. The van der Waals surface area contributed by atoms with Crippen molar-refractivity contribution in [2.45, 2.75) is 0 Å². The second-order valence-corrected chi connectivity index (χ2v) is 3.37. The van der Waals surface area contributed by atoms with Gasteiger partial charge in [0.05, 0.1) is 30.2 Å². The standard InChI is InChI=1S/C11H12N4O2/c1-17-10-8(3-2-4-9(10)12)11(16)15-7-5-13-14-6-7/h2-6H,12H2,1H3,(H,13,14)(H,15,16). The highest BCUT2D eigenvalue weighted by atomic mass is 16.5. The lowest BCUT2D eigenvalue weighted by molar-refractivity contribution is 0.102. The monoisotopic (exact) mass is 232 g/mol. The van der Waals surface area contributed by atoms with Crippen molar-refractivity contribution in [1.29, 1.82) is 0 Å². The summed E-state index contributed by atoms with van der Waals surface area (Å²) in [6, 6.07) is 5.01. The van der Waals surface area contributed by atoms with E-state index in [-0.39, 0.29) is 5.91 Å². The van der Waals surface area contributed by atoms with Crippen molar-refractivity contribution in [3.8, 4) is 5.75 Å². The molecule has 0 atom stereocenters. The Morgan fingerprint density at radius 3 is 3.00 bits per heavy atom. The molecule has 1 amide bonds. The van der Waals surface area contributed by atoms with Crippen LogP contribution in [0.4, 0.5) is 11.4 Å². The topological polar surface area (TPSA) is 93.0 Å². The third-order valence-electron chi connectivity index (χ3n) is 2.25. The van der Waals surface area contributed by atoms with Crippen LogP contribution in [0.5, 0.6) is 5.75 Å². The average Bonchev–Trinajstić information content (AvgIpc) is 2.81. The van der Waals surface area contributed by atoms with Crippen molar-refractivity contribution in [3.05, 3.63) is 36.2 Å². The van der Waals surface area contributed by atoms with E-state index in [4.69, 9.17) is 10.5 Å². The minimum absolute atomic E-state index is 0.296. The number of amides is 1. The van der Waals surface area contributed by atoms with Gasteiger partial charge in [-0.25, -0.2) is 0 Å². The number of carbonyl (C=O) groups is 1. The largest absolute Gasteiger partial charge is 0.494 e. The van der Waals surface area contributed by atoms with E-state index in [1.807, 2.05) is 0 Å². The fourth-order valence-corrected chi connectivity index (χ4v) is 1.48. The third kappa shape index (κ3) is 2.20. The number of carbonyl (C=O) groups excluding carboxylic acids is 1. The minimum atomic E-state index is -0.296. The quantitative estimate of drug-likeness (QED) is 0.694. The smallest absolute Gasteiger partial charge is 0.259 e. The molecule has 0 radical (unpaired) electrons. The number of H-pyrrole nitrogens is 1. The maximum Gasteiger partial charge on any atom is 0.259 e. The predicted molar refractivity (Wildman–Crippen MR) is 63.9 cm³/mol. The van der Waals surface area contributed by atoms with E-state index >= 15 is 0 Å². The van der Waals surface area contributed by atoms with Gasteiger partial charge in [0.15, 0.2) is 5.75 Å². The van der Waals surface area contributed by atoms with Gasteiger partial charge in [-0.1, -0.05) is 6.07 Å². The molecule has 0 aliphatic heterocycles. The van der Waals surface area contributed by atoms with Crippen molar-refractivity contribution in [1.82, 2.24) is 10.2 Å². The summed E-state index contributed by atoms with van der Waals surface area (Å²) < 4.78 is 5.11. The summed E-state index contributed by atoms with van der Waals surface area (Å²) in [5.41, 5.74) is 7.11. The van der Waals surface area contributed by atoms with Crippen molar-refractivity contribution in [2.75, 3.05) is 18.2 Å². The number of benzene rings is 1. The molecule has 6 heteroatoms. The van der Waals surface area contributed by atoms with Gasteiger partial charge in [0, 0.05) is 6.20 Å². The van der Waals surface area contributed by atoms with E-state index < -0.39 is 0 Å². The number of aromatic amines is 1. The molecule has 1 aromatic heterocycles. The van der Waals surface area contributed by atoms with Gasteiger partial charge in [0.2, 0.25) is 0 Å². The Balaban J connectivity index is 2.28. The van der Waals surface area contributed by atoms with Crippen LogP contribution >= 0.6 is 0 Å². The Kier molecular flexibility index (Phi) is 2.95. The number of anilines is 2. The lowest BCUT2D eigenvalue weighted by atomic mass is 10.1. The maximum absolute atomic E-state index is 12.0. The zero-order valence-electron chi connectivity index (χ0n) is 9.23. The van der Waals surface area contributed by atoms with Gasteiger partial charge < -0.3 is 15.8 Å². The average molecular weight is 232 g/mol. The Morgan fingerprint density at radius 2 is 2.35 bits per heavy atom. The predicted octanol–water partition coefficient (Wildman–Crippen LogP) is 1.25. The van der Waals surface area contributed by atoms with E-state index in [2.05, 4.69) is 15.5 Å². The number of hydrogen-bond acceptors (Lipinski definition) is 4. The molecule has 2 rings (SSSR count). The minimum Gasteiger partial charge on any atom is -0.494 e. The summed E-state index contributed by atoms with van der Waals surface area (Å²) >= 11 is 0. The van der Waals surface area contributed by atoms with Crippen molar-refractivity contribution in [3.63, 3.8) is 0 Å². The SMILES string of the molecule is COc1c(N)cccc1C(=O)Nc1cn[nH]c1. The lowest BCUT2D eigenvalue weighted by Gasteiger charge is -2.10. The van der Waals surface area contributed by atoms with Crippen LogP contribution in [0.1, 0.15) is 10.4 Å². The van der Waals surface area contributed by atoms with Crippen LogP contribution in [-0.2, 0) is 0 Å². The fraction of sp³-hybridized carbons (Fsp3) is 0.0909. The van der Waals surface area contributed by atoms with Crippen LogP contribution < -0.4 is 15.8 Å². The lowest BCUT2D eigenvalue weighted by Crippen LogP contribution is -2.13. The van der Waals surface area contributed by atoms with Gasteiger partial charge in [0.25, 0.3) is 5.91 Å². The second kappa shape index (κ2) is 4.56. The van der Waals surface area contributed by atoms with Gasteiger partial charge in [-0.05, 0) is 12.1 Å². The van der Waals surface area contributed by atoms with Crippen LogP contribution in [0.15, 0.2) is 30.6 Å². The number of ether oxygens (including phenoxy) is 1. The van der Waals surface area contributed by atoms with Gasteiger partial charge in [-0.3, -0.25) is 9.89 Å². The highest BCUT2D eigenvalue weighted by molar-refractivity contribution is 6.07. The molecule has 0 aliphatic rings. The van der Waals surface area contributed by atoms with Crippen LogP contribution in [0.2, 0.25) is 0 Å². The second-order valence-electron chi connectivity index (χ2n) is 3.37. The van der Waals surface area contributed by atoms with E-state index in [0.717, 1.165) is 0 Å². The molecule has 0 fully saturated rings. The van der Waals surface area contributed by atoms with E-state index in [1.54, 1.807) is 24.4 Å². The first-order valence-electron chi connectivity index (χ1n) is 4.95. The van der Waals surface area contributed by atoms with Crippen molar-refractivity contribution >= 4 is 17.3 Å². The maximum atomic E-state index is 12.0. The van der Waals surface area contributed by atoms with Crippen LogP contribution in [0.3, 0.4) is 0 Å². The Labute approximate surface area is 97.8 Å². The highest BCUT2D eigenvalue weighted by Gasteiger charge is 2.14. The molecule has 4 N–H and O–H groups in total. The third-order valence-corrected chi connectivity index (χ3v) is 2.25. The van der Waals surface area contributed by atoms with Crippen molar-refractivity contribution in [2.24, 2.45) is 0 Å². The molecule has 0 unspecified atom stereocenters. The first-order chi connectivity index (χ1) is 8.22.